The molecule has 1 aromatic carbocycles. The number of aromatic nitrogens is 4. The van der Waals surface area contributed by atoms with E-state index in [0.717, 1.165) is 47.0 Å². The number of nitrogens with one attached hydrogen (secondary N) is 1. The van der Waals surface area contributed by atoms with Gasteiger partial charge in [-0.1, -0.05) is 19.1 Å². The summed E-state index contributed by atoms with van der Waals surface area (Å²) in [6, 6.07) is 6.47. The van der Waals surface area contributed by atoms with Crippen LogP contribution in [0.15, 0.2) is 30.6 Å². The highest BCUT2D eigenvalue weighted by atomic mass is 16.1. The lowest BCUT2D eigenvalue weighted by molar-refractivity contribution is 0.0949. The molecule has 1 fully saturated rings. The smallest absolute Gasteiger partial charge is 0.255 e. The zero-order valence-electron chi connectivity index (χ0n) is 15.6. The van der Waals surface area contributed by atoms with Crippen molar-refractivity contribution in [2.24, 2.45) is 7.05 Å². The molecule has 26 heavy (non-hydrogen) atoms. The quantitative estimate of drug-likeness (QED) is 0.739. The Bertz CT molecular complexity index is 950. The van der Waals surface area contributed by atoms with Gasteiger partial charge in [-0.2, -0.15) is 10.2 Å². The monoisotopic (exact) mass is 351 g/mol. The number of carbonyl (C=O) groups is 1. The summed E-state index contributed by atoms with van der Waals surface area (Å²) in [5, 5.41) is 12.9. The van der Waals surface area contributed by atoms with E-state index in [-0.39, 0.29) is 5.91 Å². The number of fused-ring (bicyclic) bond motifs is 1. The van der Waals surface area contributed by atoms with E-state index in [4.69, 9.17) is 0 Å². The zero-order valence-corrected chi connectivity index (χ0v) is 15.6. The summed E-state index contributed by atoms with van der Waals surface area (Å²) in [7, 11) is 1.93. The van der Waals surface area contributed by atoms with Crippen molar-refractivity contribution in [1.29, 1.82) is 0 Å². The first kappa shape index (κ1) is 16.8. The number of nitrogens with zero attached hydrogens (tertiary/aromatic N) is 4. The molecule has 1 saturated carbocycles. The Morgan fingerprint density at radius 1 is 1.31 bits per heavy atom. The molecular weight excluding hydrogens is 326 g/mol. The molecule has 0 spiro atoms. The van der Waals surface area contributed by atoms with E-state index in [9.17, 15) is 4.79 Å². The molecule has 2 aromatic heterocycles. The predicted octanol–water partition coefficient (Wildman–Crippen LogP) is 3.55. The molecule has 6 heteroatoms. The molecule has 0 radical (unpaired) electrons. The number of carbonyl (C=O) groups excluding carboxylic acids is 1. The Hall–Kier alpha value is -2.63. The number of aryl methyl sites for hydroxylation is 1. The summed E-state index contributed by atoms with van der Waals surface area (Å²) in [6.45, 7) is 4.81. The van der Waals surface area contributed by atoms with E-state index in [0.29, 0.717) is 18.5 Å². The van der Waals surface area contributed by atoms with Gasteiger partial charge in [-0.15, -0.1) is 0 Å². The highest BCUT2D eigenvalue weighted by molar-refractivity contribution is 5.95. The Kier molecular flexibility index (Phi) is 4.26. The van der Waals surface area contributed by atoms with E-state index >= 15 is 0 Å². The fraction of sp³-hybridized carbons (Fsp3) is 0.450. The van der Waals surface area contributed by atoms with Gasteiger partial charge >= 0.3 is 0 Å². The summed E-state index contributed by atoms with van der Waals surface area (Å²) >= 11 is 0. The summed E-state index contributed by atoms with van der Waals surface area (Å²) < 4.78 is 3.90. The van der Waals surface area contributed by atoms with Gasteiger partial charge in [-0.05, 0) is 37.8 Å². The van der Waals surface area contributed by atoms with Crippen LogP contribution in [-0.4, -0.2) is 25.5 Å². The van der Waals surface area contributed by atoms with Crippen LogP contribution in [0.4, 0.5) is 0 Å². The third-order valence-corrected chi connectivity index (χ3v) is 5.32. The molecular formula is C20H25N5O. The highest BCUT2D eigenvalue weighted by Crippen LogP contribution is 2.42. The lowest BCUT2D eigenvalue weighted by Gasteiger charge is -2.14. The van der Waals surface area contributed by atoms with Crippen LogP contribution in [0.2, 0.25) is 0 Å². The molecule has 0 saturated heterocycles. The van der Waals surface area contributed by atoms with Crippen molar-refractivity contribution in [2.75, 3.05) is 0 Å². The molecule has 136 valence electrons. The van der Waals surface area contributed by atoms with Crippen molar-refractivity contribution < 1.29 is 4.79 Å². The van der Waals surface area contributed by atoms with Crippen molar-refractivity contribution in [3.8, 4) is 0 Å². The molecule has 1 unspecified atom stereocenters. The average molecular weight is 351 g/mol. The van der Waals surface area contributed by atoms with Crippen LogP contribution >= 0.6 is 0 Å². The fourth-order valence-electron chi connectivity index (χ4n) is 3.41. The number of hydrogen-bond donors (Lipinski definition) is 1. The van der Waals surface area contributed by atoms with E-state index in [1.54, 1.807) is 6.20 Å². The van der Waals surface area contributed by atoms with Crippen LogP contribution in [-0.2, 0) is 13.6 Å². The van der Waals surface area contributed by atoms with Crippen LogP contribution in [0.25, 0.3) is 10.9 Å². The molecule has 1 aliphatic rings. The van der Waals surface area contributed by atoms with Crippen LogP contribution in [0.3, 0.4) is 0 Å². The van der Waals surface area contributed by atoms with Gasteiger partial charge in [0.15, 0.2) is 0 Å². The molecule has 6 nitrogen and oxygen atoms in total. The zero-order chi connectivity index (χ0) is 18.3. The number of hydrogen-bond acceptors (Lipinski definition) is 3. The van der Waals surface area contributed by atoms with Crippen molar-refractivity contribution in [2.45, 2.75) is 51.6 Å². The van der Waals surface area contributed by atoms with E-state index in [2.05, 4.69) is 35.4 Å². The minimum Gasteiger partial charge on any atom is -0.348 e. The van der Waals surface area contributed by atoms with Gasteiger partial charge in [0, 0.05) is 30.9 Å². The van der Waals surface area contributed by atoms with E-state index < -0.39 is 0 Å². The maximum atomic E-state index is 12.8. The van der Waals surface area contributed by atoms with Crippen LogP contribution < -0.4 is 5.32 Å². The molecule has 0 aliphatic heterocycles. The Balaban J connectivity index is 1.52. The van der Waals surface area contributed by atoms with Crippen LogP contribution in [0.5, 0.6) is 0 Å². The first-order valence-corrected chi connectivity index (χ1v) is 9.34. The van der Waals surface area contributed by atoms with Crippen LogP contribution in [0, 0.1) is 0 Å². The topological polar surface area (TPSA) is 64.7 Å². The van der Waals surface area contributed by atoms with Gasteiger partial charge < -0.3 is 5.32 Å². The molecule has 2 heterocycles. The van der Waals surface area contributed by atoms with Gasteiger partial charge in [0.25, 0.3) is 5.91 Å². The summed E-state index contributed by atoms with van der Waals surface area (Å²) in [5.41, 5.74) is 3.98. The van der Waals surface area contributed by atoms with Crippen molar-refractivity contribution in [3.05, 3.63) is 47.4 Å². The van der Waals surface area contributed by atoms with Gasteiger partial charge in [0.2, 0.25) is 0 Å². The predicted molar refractivity (Wildman–Crippen MR) is 101 cm³/mol. The van der Waals surface area contributed by atoms with Crippen molar-refractivity contribution in [3.63, 3.8) is 0 Å². The molecule has 4 rings (SSSR count). The van der Waals surface area contributed by atoms with E-state index in [1.165, 1.54) is 0 Å². The fourth-order valence-corrected chi connectivity index (χ4v) is 3.41. The number of rotatable bonds is 6. The second-order valence-corrected chi connectivity index (χ2v) is 7.26. The minimum absolute atomic E-state index is 0.0356. The average Bonchev–Trinajstić information content (AvgIpc) is 3.30. The van der Waals surface area contributed by atoms with Crippen LogP contribution in [0.1, 0.15) is 66.7 Å². The summed E-state index contributed by atoms with van der Waals surface area (Å²) in [6.07, 6.45) is 6.90. The second kappa shape index (κ2) is 6.59. The van der Waals surface area contributed by atoms with Gasteiger partial charge in [0.05, 0.1) is 29.2 Å². The lowest BCUT2D eigenvalue weighted by atomic mass is 10.1. The van der Waals surface area contributed by atoms with Gasteiger partial charge in [-0.3, -0.25) is 14.2 Å². The molecule has 1 atom stereocenters. The Labute approximate surface area is 153 Å². The highest BCUT2D eigenvalue weighted by Gasteiger charge is 2.33. The normalized spacial score (nSPS) is 15.3. The molecule has 1 N–H and O–H groups in total. The molecule has 1 amide bonds. The van der Waals surface area contributed by atoms with Gasteiger partial charge in [0.1, 0.15) is 0 Å². The minimum atomic E-state index is -0.0356. The Morgan fingerprint density at radius 2 is 2.12 bits per heavy atom. The SMILES string of the molecule is CCC(C)n1ncc(C(=O)NCc2ccc3cnn(C)c3c2)c1C1CC1. The summed E-state index contributed by atoms with van der Waals surface area (Å²) in [5.74, 6) is 0.449. The molecule has 0 bridgehead atoms. The maximum absolute atomic E-state index is 12.8. The third kappa shape index (κ3) is 3.00. The van der Waals surface area contributed by atoms with Crippen molar-refractivity contribution >= 4 is 16.8 Å². The molecule has 1 aliphatic carbocycles. The van der Waals surface area contributed by atoms with Crippen molar-refractivity contribution in [1.82, 2.24) is 24.9 Å². The lowest BCUT2D eigenvalue weighted by Crippen LogP contribution is -2.24. The number of amides is 1. The second-order valence-electron chi connectivity index (χ2n) is 7.26. The largest absolute Gasteiger partial charge is 0.348 e. The standard InChI is InChI=1S/C20H25N5O/c1-4-13(2)25-19(15-7-8-15)17(12-23-25)20(26)21-10-14-5-6-16-11-22-24(3)18(16)9-14/h5-6,9,11-13,15H,4,7-8,10H2,1-3H3,(H,21,26). The maximum Gasteiger partial charge on any atom is 0.255 e. The number of benzene rings is 1. The van der Waals surface area contributed by atoms with Gasteiger partial charge in [-0.25, -0.2) is 0 Å². The first-order chi connectivity index (χ1) is 12.6. The third-order valence-electron chi connectivity index (χ3n) is 5.32. The summed E-state index contributed by atoms with van der Waals surface area (Å²) in [4.78, 5) is 12.8. The van der Waals surface area contributed by atoms with E-state index in [1.807, 2.05) is 34.7 Å². The molecule has 3 aromatic rings. The Morgan fingerprint density at radius 3 is 2.85 bits per heavy atom. The first-order valence-electron chi connectivity index (χ1n) is 9.34.